The zero-order chi connectivity index (χ0) is 14.8. The molecular weight excluding hydrogens is 276 g/mol. The van der Waals surface area contributed by atoms with Crippen molar-refractivity contribution in [1.82, 2.24) is 4.98 Å². The molecule has 0 fully saturated rings. The highest BCUT2D eigenvalue weighted by molar-refractivity contribution is 5.87. The monoisotopic (exact) mass is 287 g/mol. The Kier molecular flexibility index (Phi) is 3.50. The molecule has 0 spiro atoms. The predicted molar refractivity (Wildman–Crippen MR) is 74.1 cm³/mol. The molecule has 0 amide bonds. The average molecular weight is 287 g/mol. The van der Waals surface area contributed by atoms with E-state index in [1.54, 1.807) is 18.2 Å². The Hall–Kier alpha value is -2.53. The first-order chi connectivity index (χ1) is 10.2. The van der Waals surface area contributed by atoms with E-state index in [0.29, 0.717) is 11.1 Å². The van der Waals surface area contributed by atoms with Crippen LogP contribution < -0.4 is 4.74 Å². The molecule has 0 atom stereocenters. The van der Waals surface area contributed by atoms with E-state index in [9.17, 15) is 13.9 Å². The third kappa shape index (κ3) is 2.55. The van der Waals surface area contributed by atoms with Gasteiger partial charge in [0.05, 0.1) is 12.3 Å². The fourth-order valence-corrected chi connectivity index (χ4v) is 2.05. The number of pyridine rings is 1. The van der Waals surface area contributed by atoms with Crippen molar-refractivity contribution in [3.63, 3.8) is 0 Å². The van der Waals surface area contributed by atoms with Gasteiger partial charge in [0.15, 0.2) is 11.6 Å². The zero-order valence-electron chi connectivity index (χ0n) is 10.9. The molecule has 0 saturated carbocycles. The van der Waals surface area contributed by atoms with Gasteiger partial charge in [-0.25, -0.2) is 9.37 Å². The number of hydrogen-bond acceptors (Lipinski definition) is 3. The minimum absolute atomic E-state index is 0.127. The van der Waals surface area contributed by atoms with E-state index < -0.39 is 11.6 Å². The van der Waals surface area contributed by atoms with Crippen LogP contribution in [0, 0.1) is 11.6 Å². The van der Waals surface area contributed by atoms with Gasteiger partial charge in [0.1, 0.15) is 0 Å². The lowest BCUT2D eigenvalue weighted by atomic mass is 10.1. The first kappa shape index (κ1) is 13.5. The number of fused-ring (bicyclic) bond motifs is 1. The van der Waals surface area contributed by atoms with E-state index in [1.807, 2.05) is 12.1 Å². The molecule has 3 rings (SSSR count). The van der Waals surface area contributed by atoms with Gasteiger partial charge in [-0.15, -0.1) is 0 Å². The van der Waals surface area contributed by atoms with Crippen LogP contribution in [0.2, 0.25) is 0 Å². The van der Waals surface area contributed by atoms with Gasteiger partial charge >= 0.3 is 0 Å². The minimum atomic E-state index is -1.07. The van der Waals surface area contributed by atoms with Gasteiger partial charge in [0, 0.05) is 5.39 Å². The highest BCUT2D eigenvalue weighted by atomic mass is 19.2. The summed E-state index contributed by atoms with van der Waals surface area (Å²) in [5.74, 6) is -2.18. The third-order valence-electron chi connectivity index (χ3n) is 3.04. The first-order valence-electron chi connectivity index (χ1n) is 6.30. The molecule has 0 aliphatic rings. The van der Waals surface area contributed by atoms with E-state index in [1.165, 1.54) is 12.1 Å². The number of aliphatic hydroxyl groups is 1. The van der Waals surface area contributed by atoms with Crippen molar-refractivity contribution in [2.24, 2.45) is 0 Å². The standard InChI is InChI=1S/C16H11F2NO2/c17-13-6-3-7-14(15(13)18)21-16-12-5-2-1-4-10(12)8-11(9-20)19-16/h1-8,20H,9H2. The number of rotatable bonds is 3. The van der Waals surface area contributed by atoms with Crippen molar-refractivity contribution in [2.45, 2.75) is 6.61 Å². The van der Waals surface area contributed by atoms with Gasteiger partial charge in [-0.1, -0.05) is 24.3 Å². The molecule has 1 aromatic heterocycles. The molecule has 1 heterocycles. The van der Waals surface area contributed by atoms with E-state index in [0.717, 1.165) is 11.5 Å². The molecular formula is C16H11F2NO2. The van der Waals surface area contributed by atoms with Crippen LogP contribution in [-0.2, 0) is 6.61 Å². The van der Waals surface area contributed by atoms with E-state index >= 15 is 0 Å². The Bertz CT molecular complexity index is 805. The lowest BCUT2D eigenvalue weighted by molar-refractivity contribution is 0.275. The van der Waals surface area contributed by atoms with E-state index in [2.05, 4.69) is 4.98 Å². The number of aromatic nitrogens is 1. The molecule has 21 heavy (non-hydrogen) atoms. The smallest absolute Gasteiger partial charge is 0.227 e. The summed E-state index contributed by atoms with van der Waals surface area (Å²) >= 11 is 0. The first-order valence-corrected chi connectivity index (χ1v) is 6.30. The zero-order valence-corrected chi connectivity index (χ0v) is 10.9. The quantitative estimate of drug-likeness (QED) is 0.796. The molecule has 0 unspecified atom stereocenters. The summed E-state index contributed by atoms with van der Waals surface area (Å²) in [6, 6.07) is 12.6. The maximum absolute atomic E-state index is 13.7. The fourth-order valence-electron chi connectivity index (χ4n) is 2.05. The van der Waals surface area contributed by atoms with Crippen LogP contribution in [0.15, 0.2) is 48.5 Å². The topological polar surface area (TPSA) is 42.4 Å². The molecule has 106 valence electrons. The van der Waals surface area contributed by atoms with Gasteiger partial charge in [-0.2, -0.15) is 4.39 Å². The number of halogens is 2. The van der Waals surface area contributed by atoms with Gasteiger partial charge in [-0.3, -0.25) is 0 Å². The maximum Gasteiger partial charge on any atom is 0.227 e. The largest absolute Gasteiger partial charge is 0.435 e. The third-order valence-corrected chi connectivity index (χ3v) is 3.04. The second-order valence-electron chi connectivity index (χ2n) is 4.45. The lowest BCUT2D eigenvalue weighted by Gasteiger charge is -2.10. The van der Waals surface area contributed by atoms with Crippen molar-refractivity contribution in [1.29, 1.82) is 0 Å². The van der Waals surface area contributed by atoms with Crippen LogP contribution in [0.1, 0.15) is 5.69 Å². The Morgan fingerprint density at radius 1 is 1.05 bits per heavy atom. The minimum Gasteiger partial charge on any atom is -0.435 e. The van der Waals surface area contributed by atoms with Gasteiger partial charge in [0.2, 0.25) is 11.7 Å². The summed E-state index contributed by atoms with van der Waals surface area (Å²) in [5, 5.41) is 10.7. The summed E-state index contributed by atoms with van der Waals surface area (Å²) in [6.45, 7) is -0.271. The molecule has 0 bridgehead atoms. The number of nitrogens with zero attached hydrogens (tertiary/aromatic N) is 1. The number of aliphatic hydroxyl groups excluding tert-OH is 1. The molecule has 3 aromatic rings. The van der Waals surface area contributed by atoms with Crippen LogP contribution in [0.25, 0.3) is 10.8 Å². The second-order valence-corrected chi connectivity index (χ2v) is 4.45. The number of benzene rings is 2. The van der Waals surface area contributed by atoms with Crippen LogP contribution in [0.5, 0.6) is 11.6 Å². The summed E-state index contributed by atoms with van der Waals surface area (Å²) < 4.78 is 32.3. The Morgan fingerprint density at radius 2 is 1.86 bits per heavy atom. The average Bonchev–Trinajstić information content (AvgIpc) is 2.51. The van der Waals surface area contributed by atoms with Gasteiger partial charge < -0.3 is 9.84 Å². The Balaban J connectivity index is 2.13. The van der Waals surface area contributed by atoms with E-state index in [-0.39, 0.29) is 18.2 Å². The van der Waals surface area contributed by atoms with Crippen LogP contribution in [0.3, 0.4) is 0 Å². The van der Waals surface area contributed by atoms with Crippen molar-refractivity contribution < 1.29 is 18.6 Å². The van der Waals surface area contributed by atoms with Gasteiger partial charge in [0.25, 0.3) is 0 Å². The maximum atomic E-state index is 13.7. The molecule has 1 N–H and O–H groups in total. The Labute approximate surface area is 119 Å². The molecule has 5 heteroatoms. The summed E-state index contributed by atoms with van der Waals surface area (Å²) in [7, 11) is 0. The highest BCUT2D eigenvalue weighted by Crippen LogP contribution is 2.30. The summed E-state index contributed by atoms with van der Waals surface area (Å²) in [6.07, 6.45) is 0. The summed E-state index contributed by atoms with van der Waals surface area (Å²) in [5.41, 5.74) is 0.389. The second kappa shape index (κ2) is 5.46. The number of ether oxygens (including phenoxy) is 1. The predicted octanol–water partition coefficient (Wildman–Crippen LogP) is 3.80. The van der Waals surface area contributed by atoms with Crippen molar-refractivity contribution >= 4 is 10.8 Å². The highest BCUT2D eigenvalue weighted by Gasteiger charge is 2.13. The normalized spacial score (nSPS) is 10.8. The Morgan fingerprint density at radius 3 is 2.67 bits per heavy atom. The van der Waals surface area contributed by atoms with Crippen LogP contribution in [0.4, 0.5) is 8.78 Å². The molecule has 0 saturated heterocycles. The van der Waals surface area contributed by atoms with Crippen LogP contribution >= 0.6 is 0 Å². The molecule has 0 aliphatic carbocycles. The lowest BCUT2D eigenvalue weighted by Crippen LogP contribution is -1.97. The van der Waals surface area contributed by atoms with Crippen molar-refractivity contribution in [2.75, 3.05) is 0 Å². The summed E-state index contributed by atoms with van der Waals surface area (Å²) in [4.78, 5) is 4.12. The SMILES string of the molecule is OCc1cc2ccccc2c(Oc2cccc(F)c2F)n1. The van der Waals surface area contributed by atoms with Crippen molar-refractivity contribution in [3.8, 4) is 11.6 Å². The fraction of sp³-hybridized carbons (Fsp3) is 0.0625. The van der Waals surface area contributed by atoms with Crippen molar-refractivity contribution in [3.05, 3.63) is 65.9 Å². The molecule has 3 nitrogen and oxygen atoms in total. The van der Waals surface area contributed by atoms with Crippen LogP contribution in [-0.4, -0.2) is 10.1 Å². The van der Waals surface area contributed by atoms with E-state index in [4.69, 9.17) is 4.74 Å². The molecule has 2 aromatic carbocycles. The molecule has 0 radical (unpaired) electrons. The molecule has 0 aliphatic heterocycles. The number of hydrogen-bond donors (Lipinski definition) is 1. The van der Waals surface area contributed by atoms with Gasteiger partial charge in [-0.05, 0) is 29.7 Å².